The molecule has 0 amide bonds. The van der Waals surface area contributed by atoms with E-state index in [-0.39, 0.29) is 6.04 Å². The van der Waals surface area contributed by atoms with Gasteiger partial charge in [0.25, 0.3) is 0 Å². The van der Waals surface area contributed by atoms with Gasteiger partial charge in [0.2, 0.25) is 0 Å². The minimum Gasteiger partial charge on any atom is -0.497 e. The quantitative estimate of drug-likeness (QED) is 0.582. The predicted octanol–water partition coefficient (Wildman–Crippen LogP) is 4.33. The molecule has 1 atom stereocenters. The van der Waals surface area contributed by atoms with Crippen LogP contribution in [-0.2, 0) is 4.74 Å². The van der Waals surface area contributed by atoms with Crippen LogP contribution in [-0.4, -0.2) is 26.9 Å². The van der Waals surface area contributed by atoms with Gasteiger partial charge in [-0.05, 0) is 37.1 Å². The number of rotatable bonds is 12. The van der Waals surface area contributed by atoms with Gasteiger partial charge >= 0.3 is 0 Å². The van der Waals surface area contributed by atoms with Crippen molar-refractivity contribution in [2.24, 2.45) is 0 Å². The lowest BCUT2D eigenvalue weighted by Gasteiger charge is -2.19. The summed E-state index contributed by atoms with van der Waals surface area (Å²) in [4.78, 5) is 0. The van der Waals surface area contributed by atoms with Crippen LogP contribution in [0.2, 0.25) is 0 Å². The molecular weight excluding hydrogens is 262 g/mol. The Balaban J connectivity index is 2.42. The molecule has 3 heteroatoms. The SMILES string of the molecule is CCCCCCOCC(NCCC)c1ccc(OC)cc1. The smallest absolute Gasteiger partial charge is 0.118 e. The van der Waals surface area contributed by atoms with Crippen molar-refractivity contribution in [1.82, 2.24) is 5.32 Å². The summed E-state index contributed by atoms with van der Waals surface area (Å²) in [7, 11) is 1.70. The molecule has 1 rings (SSSR count). The molecule has 3 nitrogen and oxygen atoms in total. The minimum atomic E-state index is 0.266. The van der Waals surface area contributed by atoms with Gasteiger partial charge in [0, 0.05) is 6.61 Å². The largest absolute Gasteiger partial charge is 0.497 e. The first-order valence-corrected chi connectivity index (χ1v) is 8.26. The second kappa shape index (κ2) is 11.6. The third-order valence-electron chi connectivity index (χ3n) is 3.59. The van der Waals surface area contributed by atoms with Crippen LogP contribution in [0.3, 0.4) is 0 Å². The fraction of sp³-hybridized carbons (Fsp3) is 0.667. The minimum absolute atomic E-state index is 0.266. The lowest BCUT2D eigenvalue weighted by Crippen LogP contribution is -2.26. The Labute approximate surface area is 130 Å². The van der Waals surface area contributed by atoms with Gasteiger partial charge in [0.15, 0.2) is 0 Å². The van der Waals surface area contributed by atoms with Crippen LogP contribution in [0.5, 0.6) is 5.75 Å². The molecule has 0 aromatic heterocycles. The Morgan fingerprint density at radius 3 is 2.38 bits per heavy atom. The van der Waals surface area contributed by atoms with Crippen LogP contribution < -0.4 is 10.1 Å². The Hall–Kier alpha value is -1.06. The molecule has 0 heterocycles. The molecule has 0 aliphatic rings. The first-order chi connectivity index (χ1) is 10.3. The van der Waals surface area contributed by atoms with E-state index in [1.807, 2.05) is 12.1 Å². The summed E-state index contributed by atoms with van der Waals surface area (Å²) in [6, 6.07) is 8.52. The molecule has 120 valence electrons. The van der Waals surface area contributed by atoms with Crippen LogP contribution in [0.1, 0.15) is 57.6 Å². The fourth-order valence-corrected chi connectivity index (χ4v) is 2.26. The predicted molar refractivity (Wildman–Crippen MR) is 89.0 cm³/mol. The van der Waals surface area contributed by atoms with Crippen LogP contribution in [0.25, 0.3) is 0 Å². The van der Waals surface area contributed by atoms with Crippen molar-refractivity contribution in [3.05, 3.63) is 29.8 Å². The molecule has 0 bridgehead atoms. The Bertz CT molecular complexity index is 351. The van der Waals surface area contributed by atoms with E-state index in [2.05, 4.69) is 31.3 Å². The first kappa shape index (κ1) is 18.0. The van der Waals surface area contributed by atoms with Crippen molar-refractivity contribution in [3.63, 3.8) is 0 Å². The zero-order chi connectivity index (χ0) is 15.3. The highest BCUT2D eigenvalue weighted by atomic mass is 16.5. The zero-order valence-electron chi connectivity index (χ0n) is 13.9. The molecular formula is C18H31NO2. The summed E-state index contributed by atoms with van der Waals surface area (Å²) >= 11 is 0. The lowest BCUT2D eigenvalue weighted by atomic mass is 10.1. The molecule has 0 radical (unpaired) electrons. The molecule has 0 aliphatic heterocycles. The number of ether oxygens (including phenoxy) is 2. The molecule has 1 aromatic carbocycles. The third-order valence-corrected chi connectivity index (χ3v) is 3.59. The van der Waals surface area contributed by atoms with Gasteiger partial charge in [0.1, 0.15) is 5.75 Å². The number of hydrogen-bond acceptors (Lipinski definition) is 3. The Morgan fingerprint density at radius 1 is 1.00 bits per heavy atom. The maximum absolute atomic E-state index is 5.86. The number of nitrogens with one attached hydrogen (secondary N) is 1. The molecule has 1 N–H and O–H groups in total. The van der Waals surface area contributed by atoms with E-state index >= 15 is 0 Å². The van der Waals surface area contributed by atoms with E-state index in [4.69, 9.17) is 9.47 Å². The second-order valence-corrected chi connectivity index (χ2v) is 5.42. The number of unbranched alkanes of at least 4 members (excludes halogenated alkanes) is 3. The van der Waals surface area contributed by atoms with E-state index in [0.717, 1.165) is 38.3 Å². The normalized spacial score (nSPS) is 12.3. The average Bonchev–Trinajstić information content (AvgIpc) is 2.53. The van der Waals surface area contributed by atoms with Crippen molar-refractivity contribution >= 4 is 0 Å². The maximum Gasteiger partial charge on any atom is 0.118 e. The second-order valence-electron chi connectivity index (χ2n) is 5.42. The summed E-state index contributed by atoms with van der Waals surface area (Å²) in [6.45, 7) is 7.02. The fourth-order valence-electron chi connectivity index (χ4n) is 2.26. The third kappa shape index (κ3) is 7.49. The Kier molecular flexibility index (Phi) is 9.92. The van der Waals surface area contributed by atoms with Gasteiger partial charge in [-0.25, -0.2) is 0 Å². The lowest BCUT2D eigenvalue weighted by molar-refractivity contribution is 0.108. The van der Waals surface area contributed by atoms with Crippen molar-refractivity contribution in [2.45, 2.75) is 52.0 Å². The van der Waals surface area contributed by atoms with Crippen molar-refractivity contribution < 1.29 is 9.47 Å². The summed E-state index contributed by atoms with van der Waals surface area (Å²) in [6.07, 6.45) is 6.14. The van der Waals surface area contributed by atoms with Crippen LogP contribution in [0, 0.1) is 0 Å². The van der Waals surface area contributed by atoms with E-state index in [0.29, 0.717) is 0 Å². The zero-order valence-corrected chi connectivity index (χ0v) is 13.9. The van der Waals surface area contributed by atoms with Gasteiger partial charge in [-0.1, -0.05) is 45.2 Å². The van der Waals surface area contributed by atoms with Gasteiger partial charge in [-0.2, -0.15) is 0 Å². The van der Waals surface area contributed by atoms with Crippen LogP contribution in [0.4, 0.5) is 0 Å². The van der Waals surface area contributed by atoms with Crippen LogP contribution in [0.15, 0.2) is 24.3 Å². The topological polar surface area (TPSA) is 30.5 Å². The van der Waals surface area contributed by atoms with Gasteiger partial charge < -0.3 is 14.8 Å². The van der Waals surface area contributed by atoms with Crippen LogP contribution >= 0.6 is 0 Å². The first-order valence-electron chi connectivity index (χ1n) is 8.26. The van der Waals surface area contributed by atoms with Gasteiger partial charge in [0.05, 0.1) is 19.8 Å². The van der Waals surface area contributed by atoms with Crippen molar-refractivity contribution in [2.75, 3.05) is 26.9 Å². The molecule has 0 saturated heterocycles. The number of methoxy groups -OCH3 is 1. The summed E-state index contributed by atoms with van der Waals surface area (Å²) in [5, 5.41) is 3.56. The number of benzene rings is 1. The van der Waals surface area contributed by atoms with E-state index in [1.54, 1.807) is 7.11 Å². The van der Waals surface area contributed by atoms with Crippen molar-refractivity contribution in [3.8, 4) is 5.75 Å². The van der Waals surface area contributed by atoms with Crippen molar-refractivity contribution in [1.29, 1.82) is 0 Å². The molecule has 0 saturated carbocycles. The van der Waals surface area contributed by atoms with Gasteiger partial charge in [-0.3, -0.25) is 0 Å². The average molecular weight is 293 g/mol. The standard InChI is InChI=1S/C18H31NO2/c1-4-6-7-8-14-21-15-18(19-13-5-2)16-9-11-17(20-3)12-10-16/h9-12,18-19H,4-8,13-15H2,1-3H3. The highest BCUT2D eigenvalue weighted by Crippen LogP contribution is 2.18. The van der Waals surface area contributed by atoms with E-state index < -0.39 is 0 Å². The van der Waals surface area contributed by atoms with E-state index in [1.165, 1.54) is 24.8 Å². The molecule has 1 aromatic rings. The summed E-state index contributed by atoms with van der Waals surface area (Å²) in [5.74, 6) is 0.897. The summed E-state index contributed by atoms with van der Waals surface area (Å²) in [5.41, 5.74) is 1.26. The molecule has 0 fully saturated rings. The molecule has 21 heavy (non-hydrogen) atoms. The Morgan fingerprint density at radius 2 is 1.76 bits per heavy atom. The molecule has 0 spiro atoms. The molecule has 1 unspecified atom stereocenters. The maximum atomic E-state index is 5.86. The van der Waals surface area contributed by atoms with E-state index in [9.17, 15) is 0 Å². The number of hydrogen-bond donors (Lipinski definition) is 1. The van der Waals surface area contributed by atoms with Gasteiger partial charge in [-0.15, -0.1) is 0 Å². The highest BCUT2D eigenvalue weighted by Gasteiger charge is 2.10. The molecule has 0 aliphatic carbocycles. The summed E-state index contributed by atoms with van der Waals surface area (Å²) < 4.78 is 11.1. The highest BCUT2D eigenvalue weighted by molar-refractivity contribution is 5.29. The monoisotopic (exact) mass is 293 g/mol.